The maximum atomic E-state index is 12.7. The van der Waals surface area contributed by atoms with E-state index in [1.165, 1.54) is 11.3 Å². The van der Waals surface area contributed by atoms with Gasteiger partial charge in [0.25, 0.3) is 0 Å². The second-order valence-corrected chi connectivity index (χ2v) is 8.48. The largest absolute Gasteiger partial charge is 0.480 e. The lowest BCUT2D eigenvalue weighted by atomic mass is 9.98. The molecule has 0 saturated heterocycles. The van der Waals surface area contributed by atoms with E-state index in [0.717, 1.165) is 22.3 Å². The van der Waals surface area contributed by atoms with Crippen LogP contribution in [0.15, 0.2) is 66.0 Å². The lowest BCUT2D eigenvalue weighted by molar-refractivity contribution is -0.143. The lowest BCUT2D eigenvalue weighted by Gasteiger charge is -2.20. The number of rotatable bonds is 8. The zero-order chi connectivity index (χ0) is 23.4. The average Bonchev–Trinajstić information content (AvgIpc) is 3.46. The third kappa shape index (κ3) is 4.74. The Bertz CT molecular complexity index is 1120. The van der Waals surface area contributed by atoms with E-state index in [1.807, 2.05) is 48.5 Å². The standard InChI is InChI=1S/C24H22N2O6S/c27-12-19(23(29)30)25-22(28)21(20-10-5-11-33-20)26-24(31)32-13-18-16-8-3-1-6-14(16)15-7-2-4-9-17(15)18/h1-11,18-19,21,27H,12-13H2,(H,25,28)(H,26,31)(H,29,30)/t19-,21?/m0/s1. The fraction of sp³-hybridized carbons (Fsp3) is 0.208. The number of carbonyl (C=O) groups is 3. The third-order valence-electron chi connectivity index (χ3n) is 5.49. The number of aliphatic hydroxyl groups is 1. The van der Waals surface area contributed by atoms with E-state index in [1.54, 1.807) is 17.5 Å². The van der Waals surface area contributed by atoms with Gasteiger partial charge in [0.05, 0.1) is 6.61 Å². The van der Waals surface area contributed by atoms with Crippen molar-refractivity contribution in [1.82, 2.24) is 10.6 Å². The van der Waals surface area contributed by atoms with Crippen molar-refractivity contribution in [2.24, 2.45) is 0 Å². The van der Waals surface area contributed by atoms with Crippen molar-refractivity contribution < 1.29 is 29.3 Å². The average molecular weight is 467 g/mol. The molecule has 3 aromatic rings. The molecule has 8 nitrogen and oxygen atoms in total. The minimum Gasteiger partial charge on any atom is -0.480 e. The number of aliphatic hydroxyl groups excluding tert-OH is 1. The van der Waals surface area contributed by atoms with Crippen LogP contribution in [-0.4, -0.2) is 47.4 Å². The molecule has 0 spiro atoms. The van der Waals surface area contributed by atoms with E-state index in [-0.39, 0.29) is 12.5 Å². The second kappa shape index (κ2) is 9.85. The van der Waals surface area contributed by atoms with Gasteiger partial charge in [0.15, 0.2) is 0 Å². The van der Waals surface area contributed by atoms with E-state index in [0.29, 0.717) is 4.88 Å². The van der Waals surface area contributed by atoms with Crippen LogP contribution >= 0.6 is 11.3 Å². The monoisotopic (exact) mass is 466 g/mol. The summed E-state index contributed by atoms with van der Waals surface area (Å²) in [5.74, 6) is -2.27. The van der Waals surface area contributed by atoms with E-state index in [4.69, 9.17) is 9.84 Å². The molecule has 170 valence electrons. The fourth-order valence-electron chi connectivity index (χ4n) is 3.92. The molecule has 1 heterocycles. The summed E-state index contributed by atoms with van der Waals surface area (Å²) >= 11 is 1.23. The molecule has 9 heteroatoms. The Morgan fingerprint density at radius 1 is 0.939 bits per heavy atom. The Labute approximate surface area is 193 Å². The van der Waals surface area contributed by atoms with Crippen LogP contribution in [0.3, 0.4) is 0 Å². The molecule has 0 fully saturated rings. The molecule has 0 aliphatic heterocycles. The number of carbonyl (C=O) groups excluding carboxylic acids is 2. The number of alkyl carbamates (subject to hydrolysis) is 1. The Balaban J connectivity index is 1.46. The second-order valence-electron chi connectivity index (χ2n) is 7.50. The van der Waals surface area contributed by atoms with Crippen LogP contribution < -0.4 is 10.6 Å². The number of hydrogen-bond donors (Lipinski definition) is 4. The SMILES string of the molecule is O=C(NC(C(=O)N[C@@H](CO)C(=O)O)c1cccs1)OCC1c2ccccc2-c2ccccc21. The molecule has 1 aliphatic rings. The molecular formula is C24H22N2O6S. The molecule has 1 unspecified atom stereocenters. The van der Waals surface area contributed by atoms with E-state index < -0.39 is 36.7 Å². The van der Waals surface area contributed by atoms with Crippen LogP contribution in [0.4, 0.5) is 4.79 Å². The van der Waals surface area contributed by atoms with Crippen molar-refractivity contribution in [3.63, 3.8) is 0 Å². The third-order valence-corrected chi connectivity index (χ3v) is 6.43. The zero-order valence-electron chi connectivity index (χ0n) is 17.4. The molecule has 1 aromatic heterocycles. The van der Waals surface area contributed by atoms with Crippen molar-refractivity contribution in [2.45, 2.75) is 18.0 Å². The van der Waals surface area contributed by atoms with Gasteiger partial charge in [0.1, 0.15) is 18.7 Å². The molecule has 1 aliphatic carbocycles. The van der Waals surface area contributed by atoms with Gasteiger partial charge in [0, 0.05) is 10.8 Å². The fourth-order valence-corrected chi connectivity index (χ4v) is 4.69. The van der Waals surface area contributed by atoms with Crippen LogP contribution in [0.5, 0.6) is 0 Å². The van der Waals surface area contributed by atoms with Gasteiger partial charge in [0.2, 0.25) is 5.91 Å². The van der Waals surface area contributed by atoms with Gasteiger partial charge in [-0.1, -0.05) is 54.6 Å². The molecule has 33 heavy (non-hydrogen) atoms. The maximum Gasteiger partial charge on any atom is 0.408 e. The first-order valence-corrected chi connectivity index (χ1v) is 11.2. The number of carboxylic acids is 1. The summed E-state index contributed by atoms with van der Waals surface area (Å²) in [5.41, 5.74) is 4.32. The number of carboxylic acid groups (broad SMARTS) is 1. The molecule has 2 atom stereocenters. The van der Waals surface area contributed by atoms with Crippen LogP contribution in [0.2, 0.25) is 0 Å². The number of nitrogens with one attached hydrogen (secondary N) is 2. The quantitative estimate of drug-likeness (QED) is 0.405. The number of benzene rings is 2. The smallest absolute Gasteiger partial charge is 0.408 e. The van der Waals surface area contributed by atoms with Crippen molar-refractivity contribution in [3.8, 4) is 11.1 Å². The highest BCUT2D eigenvalue weighted by Crippen LogP contribution is 2.44. The highest BCUT2D eigenvalue weighted by molar-refractivity contribution is 7.10. The molecule has 2 aromatic carbocycles. The first-order chi connectivity index (χ1) is 16.0. The summed E-state index contributed by atoms with van der Waals surface area (Å²) in [6, 6.07) is 16.6. The van der Waals surface area contributed by atoms with Crippen molar-refractivity contribution >= 4 is 29.3 Å². The molecule has 2 amide bonds. The van der Waals surface area contributed by atoms with Gasteiger partial charge in [-0.2, -0.15) is 0 Å². The highest BCUT2D eigenvalue weighted by atomic mass is 32.1. The van der Waals surface area contributed by atoms with Crippen LogP contribution in [0, 0.1) is 0 Å². The minimum absolute atomic E-state index is 0.0764. The van der Waals surface area contributed by atoms with Gasteiger partial charge in [-0.05, 0) is 33.7 Å². The summed E-state index contributed by atoms with van der Waals surface area (Å²) in [5, 5.41) is 24.8. The van der Waals surface area contributed by atoms with Gasteiger partial charge in [-0.15, -0.1) is 11.3 Å². The summed E-state index contributed by atoms with van der Waals surface area (Å²) in [6.07, 6.45) is -0.804. The van der Waals surface area contributed by atoms with Crippen molar-refractivity contribution in [2.75, 3.05) is 13.2 Å². The predicted octanol–water partition coefficient (Wildman–Crippen LogP) is 2.89. The Kier molecular flexibility index (Phi) is 6.71. The number of amides is 2. The van der Waals surface area contributed by atoms with Crippen LogP contribution in [-0.2, 0) is 14.3 Å². The number of fused-ring (bicyclic) bond motifs is 3. The number of aliphatic carboxylic acids is 1. The summed E-state index contributed by atoms with van der Waals surface area (Å²) in [7, 11) is 0. The summed E-state index contributed by atoms with van der Waals surface area (Å²) < 4.78 is 5.51. The molecule has 0 radical (unpaired) electrons. The number of hydrogen-bond acceptors (Lipinski definition) is 6. The van der Waals surface area contributed by atoms with Gasteiger partial charge >= 0.3 is 12.1 Å². The highest BCUT2D eigenvalue weighted by Gasteiger charge is 2.31. The zero-order valence-corrected chi connectivity index (χ0v) is 18.2. The van der Waals surface area contributed by atoms with Crippen molar-refractivity contribution in [3.05, 3.63) is 82.0 Å². The Hall–Kier alpha value is -3.69. The van der Waals surface area contributed by atoms with E-state index in [9.17, 15) is 19.5 Å². The maximum absolute atomic E-state index is 12.7. The van der Waals surface area contributed by atoms with E-state index in [2.05, 4.69) is 10.6 Å². The van der Waals surface area contributed by atoms with Crippen LogP contribution in [0.25, 0.3) is 11.1 Å². The topological polar surface area (TPSA) is 125 Å². The first-order valence-electron chi connectivity index (χ1n) is 10.3. The first kappa shape index (κ1) is 22.5. The number of thiophene rings is 1. The predicted molar refractivity (Wildman–Crippen MR) is 122 cm³/mol. The molecular weight excluding hydrogens is 444 g/mol. The minimum atomic E-state index is -1.48. The van der Waals surface area contributed by atoms with Gasteiger partial charge in [-0.25, -0.2) is 9.59 Å². The summed E-state index contributed by atoms with van der Waals surface area (Å²) in [6.45, 7) is -0.698. The van der Waals surface area contributed by atoms with Crippen LogP contribution in [0.1, 0.15) is 28.0 Å². The summed E-state index contributed by atoms with van der Waals surface area (Å²) in [4.78, 5) is 37.0. The number of ether oxygens (including phenoxy) is 1. The molecule has 0 bridgehead atoms. The van der Waals surface area contributed by atoms with Gasteiger partial charge in [-0.3, -0.25) is 4.79 Å². The van der Waals surface area contributed by atoms with Gasteiger partial charge < -0.3 is 25.6 Å². The Morgan fingerprint density at radius 2 is 1.58 bits per heavy atom. The van der Waals surface area contributed by atoms with E-state index >= 15 is 0 Å². The molecule has 0 saturated carbocycles. The molecule has 4 rings (SSSR count). The Morgan fingerprint density at radius 3 is 2.12 bits per heavy atom. The lowest BCUT2D eigenvalue weighted by Crippen LogP contribution is -2.48. The normalized spacial score (nSPS) is 14.0. The van der Waals surface area contributed by atoms with Crippen molar-refractivity contribution in [1.29, 1.82) is 0 Å². The molecule has 4 N–H and O–H groups in total.